The molecule has 1 saturated heterocycles. The molecule has 2 N–H and O–H groups in total. The third kappa shape index (κ3) is 4.04. The lowest BCUT2D eigenvalue weighted by atomic mass is 9.93. The van der Waals surface area contributed by atoms with Crippen molar-refractivity contribution >= 4 is 5.69 Å². The Labute approximate surface area is 105 Å². The molecule has 0 amide bonds. The largest absolute Gasteiger partial charge is 0.399 e. The summed E-state index contributed by atoms with van der Waals surface area (Å²) in [5, 5.41) is 0. The van der Waals surface area contributed by atoms with Gasteiger partial charge in [0, 0.05) is 5.69 Å². The van der Waals surface area contributed by atoms with Crippen molar-refractivity contribution in [1.29, 1.82) is 0 Å². The Kier molecular flexibility index (Phi) is 4.43. The number of aryl methyl sites for hydroxylation is 1. The van der Waals surface area contributed by atoms with E-state index in [0.717, 1.165) is 11.6 Å². The highest BCUT2D eigenvalue weighted by Crippen LogP contribution is 2.22. The lowest BCUT2D eigenvalue weighted by Gasteiger charge is -2.14. The molecule has 1 aliphatic heterocycles. The molecule has 2 heteroatoms. The minimum Gasteiger partial charge on any atom is -0.399 e. The molecule has 2 nitrogen and oxygen atoms in total. The summed E-state index contributed by atoms with van der Waals surface area (Å²) in [7, 11) is 2.24. The van der Waals surface area contributed by atoms with Crippen LogP contribution in [-0.2, 0) is 6.42 Å². The van der Waals surface area contributed by atoms with Gasteiger partial charge < -0.3 is 10.6 Å². The molecule has 0 radical (unpaired) electrons. The van der Waals surface area contributed by atoms with Crippen molar-refractivity contribution in [2.45, 2.75) is 32.1 Å². The van der Waals surface area contributed by atoms with Crippen LogP contribution in [0.2, 0.25) is 0 Å². The molecule has 1 fully saturated rings. The van der Waals surface area contributed by atoms with Gasteiger partial charge >= 0.3 is 0 Å². The number of likely N-dealkylation sites (tertiary alicyclic amines) is 1. The van der Waals surface area contributed by atoms with Gasteiger partial charge in [-0.05, 0) is 75.9 Å². The molecule has 0 spiro atoms. The fraction of sp³-hybridized carbons (Fsp3) is 0.600. The molecule has 0 bridgehead atoms. The lowest BCUT2D eigenvalue weighted by Crippen LogP contribution is -2.18. The van der Waals surface area contributed by atoms with Gasteiger partial charge in [0.15, 0.2) is 0 Å². The van der Waals surface area contributed by atoms with E-state index in [4.69, 9.17) is 5.73 Å². The van der Waals surface area contributed by atoms with Gasteiger partial charge in [0.2, 0.25) is 0 Å². The molecule has 1 aromatic rings. The number of benzene rings is 1. The number of hydrogen-bond acceptors (Lipinski definition) is 2. The van der Waals surface area contributed by atoms with Gasteiger partial charge in [0.05, 0.1) is 0 Å². The minimum atomic E-state index is 0.866. The summed E-state index contributed by atoms with van der Waals surface area (Å²) < 4.78 is 0. The molecule has 17 heavy (non-hydrogen) atoms. The first-order valence-electron chi connectivity index (χ1n) is 6.77. The second-order valence-electron chi connectivity index (χ2n) is 5.38. The quantitative estimate of drug-likeness (QED) is 0.812. The predicted octanol–water partition coefficient (Wildman–Crippen LogP) is 2.93. The van der Waals surface area contributed by atoms with Crippen LogP contribution in [0.1, 0.15) is 31.2 Å². The summed E-state index contributed by atoms with van der Waals surface area (Å²) >= 11 is 0. The summed E-state index contributed by atoms with van der Waals surface area (Å²) in [6, 6.07) is 8.35. The van der Waals surface area contributed by atoms with E-state index in [1.54, 1.807) is 0 Å². The highest BCUT2D eigenvalue weighted by atomic mass is 15.1. The average Bonchev–Trinajstić information content (AvgIpc) is 2.54. The first-order valence-corrected chi connectivity index (χ1v) is 6.77. The number of hydrogen-bond donors (Lipinski definition) is 1. The zero-order valence-electron chi connectivity index (χ0n) is 10.9. The molecule has 2 rings (SSSR count). The normalized spacial score (nSPS) is 22.3. The molecule has 1 atom stereocenters. The Morgan fingerprint density at radius 3 is 2.71 bits per heavy atom. The van der Waals surface area contributed by atoms with Crippen molar-refractivity contribution in [1.82, 2.24) is 4.90 Å². The summed E-state index contributed by atoms with van der Waals surface area (Å²) in [5.74, 6) is 0.914. The topological polar surface area (TPSA) is 29.3 Å². The first kappa shape index (κ1) is 12.4. The summed E-state index contributed by atoms with van der Waals surface area (Å²) in [6.45, 7) is 2.55. The molecule has 94 valence electrons. The average molecular weight is 232 g/mol. The standard InChI is InChI=1S/C15H24N2/c1-17-11-2-3-13(10-12-17)4-5-14-6-8-15(16)9-7-14/h6-9,13H,2-5,10-12,16H2,1H3. The maximum absolute atomic E-state index is 5.70. The first-order chi connectivity index (χ1) is 8.24. The molecule has 0 aromatic heterocycles. The Balaban J connectivity index is 1.79. The van der Waals surface area contributed by atoms with Gasteiger partial charge in [-0.1, -0.05) is 12.1 Å². The second-order valence-corrected chi connectivity index (χ2v) is 5.38. The highest BCUT2D eigenvalue weighted by molar-refractivity contribution is 5.39. The SMILES string of the molecule is CN1CCCC(CCc2ccc(N)cc2)CC1. The molecule has 1 unspecified atom stereocenters. The van der Waals surface area contributed by atoms with Crippen LogP contribution >= 0.6 is 0 Å². The van der Waals surface area contributed by atoms with Crippen molar-refractivity contribution in [3.05, 3.63) is 29.8 Å². The van der Waals surface area contributed by atoms with Gasteiger partial charge in [0.25, 0.3) is 0 Å². The van der Waals surface area contributed by atoms with Crippen LogP contribution < -0.4 is 5.73 Å². The van der Waals surface area contributed by atoms with Crippen LogP contribution in [0.4, 0.5) is 5.69 Å². The van der Waals surface area contributed by atoms with Crippen LogP contribution in [0.5, 0.6) is 0 Å². The van der Waals surface area contributed by atoms with Crippen molar-refractivity contribution in [2.24, 2.45) is 5.92 Å². The van der Waals surface area contributed by atoms with E-state index in [9.17, 15) is 0 Å². The molecular weight excluding hydrogens is 208 g/mol. The molecule has 1 aromatic carbocycles. The van der Waals surface area contributed by atoms with E-state index in [1.165, 1.54) is 50.8 Å². The van der Waals surface area contributed by atoms with Crippen LogP contribution in [0, 0.1) is 5.92 Å². The van der Waals surface area contributed by atoms with Crippen molar-refractivity contribution in [2.75, 3.05) is 25.9 Å². The number of nitrogen functional groups attached to an aromatic ring is 1. The molecule has 1 heterocycles. The van der Waals surface area contributed by atoms with E-state index < -0.39 is 0 Å². The molecular formula is C15H24N2. The second kappa shape index (κ2) is 6.06. The number of rotatable bonds is 3. The van der Waals surface area contributed by atoms with E-state index in [0.29, 0.717) is 0 Å². The van der Waals surface area contributed by atoms with Gasteiger partial charge in [-0.15, -0.1) is 0 Å². The Morgan fingerprint density at radius 1 is 1.18 bits per heavy atom. The fourth-order valence-electron chi connectivity index (χ4n) is 2.65. The number of anilines is 1. The summed E-state index contributed by atoms with van der Waals surface area (Å²) in [5.41, 5.74) is 7.99. The zero-order valence-corrected chi connectivity index (χ0v) is 10.9. The third-order valence-corrected chi connectivity index (χ3v) is 3.89. The van der Waals surface area contributed by atoms with Gasteiger partial charge in [-0.25, -0.2) is 0 Å². The monoisotopic (exact) mass is 232 g/mol. The smallest absolute Gasteiger partial charge is 0.0314 e. The summed E-state index contributed by atoms with van der Waals surface area (Å²) in [4.78, 5) is 2.46. The molecule has 0 saturated carbocycles. The van der Waals surface area contributed by atoms with Crippen molar-refractivity contribution in [3.8, 4) is 0 Å². The highest BCUT2D eigenvalue weighted by Gasteiger charge is 2.14. The Bertz CT molecular complexity index is 331. The molecule has 0 aliphatic carbocycles. The van der Waals surface area contributed by atoms with Crippen LogP contribution in [0.25, 0.3) is 0 Å². The lowest BCUT2D eigenvalue weighted by molar-refractivity contribution is 0.339. The predicted molar refractivity (Wildman–Crippen MR) is 74.0 cm³/mol. The van der Waals surface area contributed by atoms with Crippen molar-refractivity contribution in [3.63, 3.8) is 0 Å². The maximum atomic E-state index is 5.70. The zero-order chi connectivity index (χ0) is 12.1. The Hall–Kier alpha value is -1.02. The third-order valence-electron chi connectivity index (χ3n) is 3.89. The summed E-state index contributed by atoms with van der Waals surface area (Å²) in [6.07, 6.45) is 6.67. The fourth-order valence-corrected chi connectivity index (χ4v) is 2.65. The number of nitrogens with zero attached hydrogens (tertiary/aromatic N) is 1. The maximum Gasteiger partial charge on any atom is 0.0314 e. The minimum absolute atomic E-state index is 0.866. The Morgan fingerprint density at radius 2 is 1.94 bits per heavy atom. The van der Waals surface area contributed by atoms with E-state index in [-0.39, 0.29) is 0 Å². The van der Waals surface area contributed by atoms with Crippen molar-refractivity contribution < 1.29 is 0 Å². The van der Waals surface area contributed by atoms with Gasteiger partial charge in [-0.2, -0.15) is 0 Å². The van der Waals surface area contributed by atoms with E-state index >= 15 is 0 Å². The van der Waals surface area contributed by atoms with Crippen LogP contribution in [0.15, 0.2) is 24.3 Å². The van der Waals surface area contributed by atoms with Crippen LogP contribution in [0.3, 0.4) is 0 Å². The molecule has 1 aliphatic rings. The van der Waals surface area contributed by atoms with Gasteiger partial charge in [0.1, 0.15) is 0 Å². The van der Waals surface area contributed by atoms with Gasteiger partial charge in [-0.3, -0.25) is 0 Å². The number of nitrogens with two attached hydrogens (primary N) is 1. The van der Waals surface area contributed by atoms with Crippen LogP contribution in [-0.4, -0.2) is 25.0 Å². The van der Waals surface area contributed by atoms with E-state index in [1.807, 2.05) is 12.1 Å². The van der Waals surface area contributed by atoms with E-state index in [2.05, 4.69) is 24.1 Å².